The van der Waals surface area contributed by atoms with Crippen LogP contribution >= 0.6 is 11.8 Å². The van der Waals surface area contributed by atoms with Crippen molar-refractivity contribution in [3.05, 3.63) is 29.8 Å². The molecule has 1 heteroatoms. The zero-order chi connectivity index (χ0) is 10.3. The van der Waals surface area contributed by atoms with Crippen LogP contribution < -0.4 is 0 Å². The first kappa shape index (κ1) is 9.77. The molecular formula is C14H18S. The van der Waals surface area contributed by atoms with Crippen LogP contribution in [0.4, 0.5) is 0 Å². The highest BCUT2D eigenvalue weighted by Gasteiger charge is 2.39. The van der Waals surface area contributed by atoms with Crippen molar-refractivity contribution >= 4 is 11.8 Å². The minimum Gasteiger partial charge on any atom is -0.122 e. The number of fused-ring (bicyclic) bond motifs is 2. The lowest BCUT2D eigenvalue weighted by Gasteiger charge is -2.20. The molecule has 2 aliphatic rings. The molecule has 0 radical (unpaired) electrons. The molecule has 0 amide bonds. The largest absolute Gasteiger partial charge is 0.122 e. The van der Waals surface area contributed by atoms with Gasteiger partial charge < -0.3 is 0 Å². The third kappa shape index (κ3) is 1.94. The fourth-order valence-corrected chi connectivity index (χ4v) is 4.57. The van der Waals surface area contributed by atoms with E-state index in [0.717, 1.165) is 17.1 Å². The third-order valence-electron chi connectivity index (χ3n) is 3.98. The molecule has 0 aliphatic heterocycles. The molecule has 2 fully saturated rings. The fourth-order valence-electron chi connectivity index (χ4n) is 3.12. The third-order valence-corrected chi connectivity index (χ3v) is 5.41. The van der Waals surface area contributed by atoms with Crippen LogP contribution in [0.3, 0.4) is 0 Å². The lowest BCUT2D eigenvalue weighted by Crippen LogP contribution is -2.11. The quantitative estimate of drug-likeness (QED) is 0.714. The number of rotatable bonds is 2. The highest BCUT2D eigenvalue weighted by atomic mass is 32.2. The van der Waals surface area contributed by atoms with Crippen LogP contribution in [0.15, 0.2) is 29.2 Å². The predicted molar refractivity (Wildman–Crippen MR) is 66.3 cm³/mol. The van der Waals surface area contributed by atoms with Crippen molar-refractivity contribution in [3.63, 3.8) is 0 Å². The average Bonchev–Trinajstić information content (AvgIpc) is 2.83. The summed E-state index contributed by atoms with van der Waals surface area (Å²) in [5.41, 5.74) is 1.37. The van der Waals surface area contributed by atoms with Gasteiger partial charge in [-0.3, -0.25) is 0 Å². The fraction of sp³-hybridized carbons (Fsp3) is 0.571. The maximum atomic E-state index is 2.28. The Balaban J connectivity index is 1.68. The Morgan fingerprint density at radius 3 is 2.47 bits per heavy atom. The first-order chi connectivity index (χ1) is 7.31. The maximum absolute atomic E-state index is 2.28. The molecule has 0 unspecified atom stereocenters. The first-order valence-corrected chi connectivity index (χ1v) is 6.92. The van der Waals surface area contributed by atoms with Gasteiger partial charge >= 0.3 is 0 Å². The Bertz CT molecular complexity index is 341. The van der Waals surface area contributed by atoms with E-state index in [1.165, 1.54) is 36.1 Å². The van der Waals surface area contributed by atoms with E-state index in [1.807, 2.05) is 0 Å². The van der Waals surface area contributed by atoms with Gasteiger partial charge in [0.05, 0.1) is 0 Å². The van der Waals surface area contributed by atoms with Gasteiger partial charge in [-0.05, 0) is 50.2 Å². The Hall–Kier alpha value is -0.430. The van der Waals surface area contributed by atoms with Crippen molar-refractivity contribution in [1.29, 1.82) is 0 Å². The Kier molecular flexibility index (Phi) is 2.51. The lowest BCUT2D eigenvalue weighted by atomic mass is 10.0. The summed E-state index contributed by atoms with van der Waals surface area (Å²) in [6.07, 6.45) is 6.00. The van der Waals surface area contributed by atoms with Gasteiger partial charge in [-0.15, -0.1) is 11.8 Å². The van der Waals surface area contributed by atoms with Crippen LogP contribution in [0.5, 0.6) is 0 Å². The number of hydrogen-bond donors (Lipinski definition) is 0. The van der Waals surface area contributed by atoms with Crippen molar-refractivity contribution in [2.24, 2.45) is 11.8 Å². The summed E-state index contributed by atoms with van der Waals surface area (Å²) < 4.78 is 0. The van der Waals surface area contributed by atoms with Gasteiger partial charge in [0.25, 0.3) is 0 Å². The van der Waals surface area contributed by atoms with E-state index < -0.39 is 0 Å². The highest BCUT2D eigenvalue weighted by molar-refractivity contribution is 8.00. The zero-order valence-electron chi connectivity index (χ0n) is 9.28. The summed E-state index contributed by atoms with van der Waals surface area (Å²) in [6.45, 7) is 2.16. The summed E-state index contributed by atoms with van der Waals surface area (Å²) in [7, 11) is 0. The summed E-state index contributed by atoms with van der Waals surface area (Å²) in [4.78, 5) is 1.47. The summed E-state index contributed by atoms with van der Waals surface area (Å²) in [6, 6.07) is 9.03. The van der Waals surface area contributed by atoms with Gasteiger partial charge in [0.15, 0.2) is 0 Å². The molecule has 3 rings (SSSR count). The lowest BCUT2D eigenvalue weighted by molar-refractivity contribution is 0.492. The number of hydrogen-bond acceptors (Lipinski definition) is 1. The van der Waals surface area contributed by atoms with Crippen LogP contribution in [-0.4, -0.2) is 5.25 Å². The second kappa shape index (κ2) is 3.86. The normalized spacial score (nSPS) is 33.5. The smallest absolute Gasteiger partial charge is 0.0125 e. The molecule has 1 aromatic carbocycles. The van der Waals surface area contributed by atoms with Crippen molar-refractivity contribution < 1.29 is 0 Å². The monoisotopic (exact) mass is 218 g/mol. The number of benzene rings is 1. The van der Waals surface area contributed by atoms with E-state index in [1.54, 1.807) is 0 Å². The van der Waals surface area contributed by atoms with Gasteiger partial charge in [-0.1, -0.05) is 24.1 Å². The topological polar surface area (TPSA) is 0 Å². The van der Waals surface area contributed by atoms with Gasteiger partial charge in [0, 0.05) is 10.1 Å². The molecule has 0 N–H and O–H groups in total. The molecule has 3 atom stereocenters. The molecule has 0 nitrogen and oxygen atoms in total. The van der Waals surface area contributed by atoms with E-state index in [9.17, 15) is 0 Å². The van der Waals surface area contributed by atoms with Crippen molar-refractivity contribution in [2.75, 3.05) is 0 Å². The Morgan fingerprint density at radius 2 is 1.87 bits per heavy atom. The minimum absolute atomic E-state index is 0.923. The van der Waals surface area contributed by atoms with E-state index in [4.69, 9.17) is 0 Å². The van der Waals surface area contributed by atoms with Crippen LogP contribution in [0.25, 0.3) is 0 Å². The van der Waals surface area contributed by atoms with Gasteiger partial charge in [-0.2, -0.15) is 0 Å². The molecule has 0 heterocycles. The van der Waals surface area contributed by atoms with Crippen LogP contribution in [0.2, 0.25) is 0 Å². The van der Waals surface area contributed by atoms with E-state index in [2.05, 4.69) is 43.0 Å². The predicted octanol–water partition coefficient (Wildman–Crippen LogP) is 4.28. The molecular weight excluding hydrogens is 200 g/mol. The molecule has 0 aromatic heterocycles. The molecule has 15 heavy (non-hydrogen) atoms. The Labute approximate surface area is 96.5 Å². The second-order valence-corrected chi connectivity index (χ2v) is 6.46. The minimum atomic E-state index is 0.923. The molecule has 0 saturated heterocycles. The number of aryl methyl sites for hydroxylation is 1. The van der Waals surface area contributed by atoms with Crippen LogP contribution in [0, 0.1) is 18.8 Å². The zero-order valence-corrected chi connectivity index (χ0v) is 10.1. The van der Waals surface area contributed by atoms with Crippen LogP contribution in [0.1, 0.15) is 31.2 Å². The molecule has 2 saturated carbocycles. The maximum Gasteiger partial charge on any atom is 0.0125 e. The van der Waals surface area contributed by atoms with E-state index in [-0.39, 0.29) is 0 Å². The van der Waals surface area contributed by atoms with Gasteiger partial charge in [0.2, 0.25) is 0 Å². The summed E-state index contributed by atoms with van der Waals surface area (Å²) >= 11 is 2.12. The summed E-state index contributed by atoms with van der Waals surface area (Å²) in [5.74, 6) is 2.10. The van der Waals surface area contributed by atoms with Gasteiger partial charge in [-0.25, -0.2) is 0 Å². The SMILES string of the molecule is Cc1ccc(S[C@@H]2C[C@H]3CC[C@@H]2C3)cc1. The molecule has 0 spiro atoms. The molecule has 2 aliphatic carbocycles. The van der Waals surface area contributed by atoms with E-state index in [0.29, 0.717) is 0 Å². The highest BCUT2D eigenvalue weighted by Crippen LogP contribution is 2.50. The standard InChI is InChI=1S/C14H18S/c1-10-2-6-13(7-3-10)15-14-9-11-4-5-12(14)8-11/h2-3,6-7,11-12,14H,4-5,8-9H2,1H3/t11-,12+,14+/m0/s1. The van der Waals surface area contributed by atoms with Crippen molar-refractivity contribution in [2.45, 2.75) is 42.8 Å². The molecule has 1 aromatic rings. The second-order valence-electron chi connectivity index (χ2n) is 5.14. The van der Waals surface area contributed by atoms with Crippen molar-refractivity contribution in [1.82, 2.24) is 0 Å². The molecule has 80 valence electrons. The average molecular weight is 218 g/mol. The first-order valence-electron chi connectivity index (χ1n) is 6.04. The number of thioether (sulfide) groups is 1. The Morgan fingerprint density at radius 1 is 1.07 bits per heavy atom. The van der Waals surface area contributed by atoms with Crippen LogP contribution in [-0.2, 0) is 0 Å². The summed E-state index contributed by atoms with van der Waals surface area (Å²) in [5, 5.41) is 0.923. The van der Waals surface area contributed by atoms with E-state index >= 15 is 0 Å². The van der Waals surface area contributed by atoms with Crippen molar-refractivity contribution in [3.8, 4) is 0 Å². The van der Waals surface area contributed by atoms with Gasteiger partial charge in [0.1, 0.15) is 0 Å². The molecule has 2 bridgehead atoms.